The van der Waals surface area contributed by atoms with Crippen molar-refractivity contribution in [1.82, 2.24) is 0 Å². The molecule has 3 saturated carbocycles. The van der Waals surface area contributed by atoms with Crippen LogP contribution in [-0.2, 0) is 0 Å². The lowest BCUT2D eigenvalue weighted by Crippen LogP contribution is -2.54. The molecule has 0 aromatic rings. The SMILES string of the molecule is CC1=CCC[C@@]2(C)[C@H]1CC[C@H]1C[C@H]3C[C@]12CC[C@@]3(C)O. The Morgan fingerprint density at radius 3 is 2.70 bits per heavy atom. The van der Waals surface area contributed by atoms with Crippen molar-refractivity contribution in [1.29, 1.82) is 0 Å². The smallest absolute Gasteiger partial charge is 0.0648 e. The maximum atomic E-state index is 10.7. The summed E-state index contributed by atoms with van der Waals surface area (Å²) < 4.78 is 0. The lowest BCUT2D eigenvalue weighted by atomic mass is 9.43. The Balaban J connectivity index is 1.78. The van der Waals surface area contributed by atoms with Crippen molar-refractivity contribution in [2.75, 3.05) is 0 Å². The molecule has 0 aliphatic heterocycles. The van der Waals surface area contributed by atoms with E-state index < -0.39 is 0 Å². The second-order valence-electron chi connectivity index (χ2n) is 8.88. The molecule has 1 N–H and O–H groups in total. The Bertz CT molecular complexity index is 462. The Morgan fingerprint density at radius 1 is 1.10 bits per heavy atom. The molecule has 6 atom stereocenters. The van der Waals surface area contributed by atoms with Crippen molar-refractivity contribution in [3.8, 4) is 0 Å². The molecule has 4 aliphatic carbocycles. The lowest BCUT2D eigenvalue weighted by Gasteiger charge is -2.61. The van der Waals surface area contributed by atoms with E-state index in [-0.39, 0.29) is 5.60 Å². The van der Waals surface area contributed by atoms with Gasteiger partial charge in [-0.1, -0.05) is 18.6 Å². The van der Waals surface area contributed by atoms with Crippen LogP contribution in [0, 0.1) is 28.6 Å². The quantitative estimate of drug-likeness (QED) is 0.635. The van der Waals surface area contributed by atoms with Gasteiger partial charge in [-0.05, 0) is 93.8 Å². The van der Waals surface area contributed by atoms with Gasteiger partial charge in [-0.2, -0.15) is 0 Å². The normalized spacial score (nSPS) is 57.8. The largest absolute Gasteiger partial charge is 0.390 e. The molecule has 0 aromatic heterocycles. The number of allylic oxidation sites excluding steroid dienone is 2. The molecule has 1 heteroatoms. The summed E-state index contributed by atoms with van der Waals surface area (Å²) in [6.45, 7) is 7.10. The molecule has 0 saturated heterocycles. The van der Waals surface area contributed by atoms with Crippen LogP contribution in [0.4, 0.5) is 0 Å². The van der Waals surface area contributed by atoms with Gasteiger partial charge in [0.15, 0.2) is 0 Å². The molecule has 0 unspecified atom stereocenters. The first-order valence-corrected chi connectivity index (χ1v) is 8.78. The molecule has 0 heterocycles. The molecule has 2 bridgehead atoms. The van der Waals surface area contributed by atoms with Crippen molar-refractivity contribution in [3.63, 3.8) is 0 Å². The minimum Gasteiger partial charge on any atom is -0.390 e. The van der Waals surface area contributed by atoms with Crippen molar-refractivity contribution >= 4 is 0 Å². The van der Waals surface area contributed by atoms with E-state index in [0.29, 0.717) is 16.7 Å². The molecule has 0 radical (unpaired) electrons. The second kappa shape index (κ2) is 3.91. The van der Waals surface area contributed by atoms with E-state index in [0.717, 1.165) is 18.3 Å². The highest BCUT2D eigenvalue weighted by atomic mass is 16.3. The lowest BCUT2D eigenvalue weighted by molar-refractivity contribution is -0.122. The van der Waals surface area contributed by atoms with Gasteiger partial charge in [-0.25, -0.2) is 0 Å². The maximum Gasteiger partial charge on any atom is 0.0648 e. The van der Waals surface area contributed by atoms with Gasteiger partial charge >= 0.3 is 0 Å². The van der Waals surface area contributed by atoms with Crippen molar-refractivity contribution in [3.05, 3.63) is 11.6 Å². The summed E-state index contributed by atoms with van der Waals surface area (Å²) in [6, 6.07) is 0. The van der Waals surface area contributed by atoms with Crippen LogP contribution in [0.1, 0.15) is 72.1 Å². The van der Waals surface area contributed by atoms with E-state index in [1.807, 2.05) is 0 Å². The van der Waals surface area contributed by atoms with Crippen molar-refractivity contribution in [2.45, 2.75) is 77.7 Å². The van der Waals surface area contributed by atoms with Crippen molar-refractivity contribution < 1.29 is 5.11 Å². The van der Waals surface area contributed by atoms with E-state index in [1.165, 1.54) is 44.9 Å². The first-order chi connectivity index (χ1) is 9.39. The van der Waals surface area contributed by atoms with Crippen LogP contribution < -0.4 is 0 Å². The van der Waals surface area contributed by atoms with Crippen LogP contribution in [0.2, 0.25) is 0 Å². The summed E-state index contributed by atoms with van der Waals surface area (Å²) in [7, 11) is 0. The predicted molar refractivity (Wildman–Crippen MR) is 82.3 cm³/mol. The van der Waals surface area contributed by atoms with Gasteiger partial charge in [0, 0.05) is 0 Å². The van der Waals surface area contributed by atoms with Gasteiger partial charge in [0.1, 0.15) is 0 Å². The molecule has 4 rings (SSSR count). The molecule has 0 aromatic carbocycles. The summed E-state index contributed by atoms with van der Waals surface area (Å²) in [5, 5.41) is 10.7. The average Bonchev–Trinajstić information content (AvgIpc) is 2.73. The number of rotatable bonds is 0. The van der Waals surface area contributed by atoms with Crippen LogP contribution in [0.15, 0.2) is 11.6 Å². The number of hydrogen-bond acceptors (Lipinski definition) is 1. The summed E-state index contributed by atoms with van der Waals surface area (Å²) in [5.74, 6) is 2.30. The average molecular weight is 274 g/mol. The van der Waals surface area contributed by atoms with Gasteiger partial charge in [0.05, 0.1) is 5.60 Å². The Kier molecular flexibility index (Phi) is 2.61. The highest BCUT2D eigenvalue weighted by molar-refractivity contribution is 5.23. The van der Waals surface area contributed by atoms with E-state index in [2.05, 4.69) is 26.8 Å². The van der Waals surface area contributed by atoms with Crippen molar-refractivity contribution in [2.24, 2.45) is 28.6 Å². The van der Waals surface area contributed by atoms with Crippen LogP contribution >= 0.6 is 0 Å². The minimum absolute atomic E-state index is 0.381. The minimum atomic E-state index is -0.381. The molecule has 20 heavy (non-hydrogen) atoms. The third kappa shape index (κ3) is 1.43. The highest BCUT2D eigenvalue weighted by Crippen LogP contribution is 2.73. The van der Waals surface area contributed by atoms with E-state index in [4.69, 9.17) is 0 Å². The van der Waals surface area contributed by atoms with E-state index in [9.17, 15) is 5.11 Å². The molecular formula is C19H30O. The van der Waals surface area contributed by atoms with E-state index in [1.54, 1.807) is 5.57 Å². The topological polar surface area (TPSA) is 20.2 Å². The number of hydrogen-bond donors (Lipinski definition) is 1. The summed E-state index contributed by atoms with van der Waals surface area (Å²) in [5.41, 5.74) is 2.36. The van der Waals surface area contributed by atoms with Gasteiger partial charge < -0.3 is 5.11 Å². The Morgan fingerprint density at radius 2 is 1.90 bits per heavy atom. The third-order valence-electron chi connectivity index (χ3n) is 8.31. The first kappa shape index (κ1) is 13.4. The zero-order valence-electron chi connectivity index (χ0n) is 13.4. The zero-order valence-corrected chi connectivity index (χ0v) is 13.4. The molecule has 0 amide bonds. The van der Waals surface area contributed by atoms with Crippen LogP contribution in [-0.4, -0.2) is 10.7 Å². The standard InChI is InChI=1S/C19H30O/c1-13-5-4-8-17(2)16(13)7-6-14-11-15-12-19(14,17)10-9-18(15,3)20/h5,14-16,20H,4,6-12H2,1-3H3/t14-,15-,16-,17-,18+,19+/m0/s1. The molecule has 1 spiro atoms. The van der Waals surface area contributed by atoms with Gasteiger partial charge in [0.25, 0.3) is 0 Å². The molecule has 112 valence electrons. The fourth-order valence-electron chi connectivity index (χ4n) is 7.03. The first-order valence-electron chi connectivity index (χ1n) is 8.78. The van der Waals surface area contributed by atoms with Gasteiger partial charge in [-0.3, -0.25) is 0 Å². The zero-order chi connectivity index (χ0) is 14.2. The van der Waals surface area contributed by atoms with Crippen LogP contribution in [0.25, 0.3) is 0 Å². The summed E-state index contributed by atoms with van der Waals surface area (Å²) in [4.78, 5) is 0. The van der Waals surface area contributed by atoms with Crippen LogP contribution in [0.3, 0.4) is 0 Å². The monoisotopic (exact) mass is 274 g/mol. The summed E-state index contributed by atoms with van der Waals surface area (Å²) >= 11 is 0. The second-order valence-corrected chi connectivity index (χ2v) is 8.88. The number of fused-ring (bicyclic) bond motifs is 2. The predicted octanol–water partition coefficient (Wildman–Crippen LogP) is 4.70. The van der Waals surface area contributed by atoms with Crippen LogP contribution in [0.5, 0.6) is 0 Å². The van der Waals surface area contributed by atoms with Gasteiger partial charge in [0.2, 0.25) is 0 Å². The summed E-state index contributed by atoms with van der Waals surface area (Å²) in [6.07, 6.45) is 12.9. The Labute approximate surface area is 123 Å². The van der Waals surface area contributed by atoms with E-state index >= 15 is 0 Å². The fraction of sp³-hybridized carbons (Fsp3) is 0.895. The molecule has 3 fully saturated rings. The third-order valence-corrected chi connectivity index (χ3v) is 8.31. The highest BCUT2D eigenvalue weighted by Gasteiger charge is 2.66. The number of aliphatic hydroxyl groups is 1. The molecule has 1 nitrogen and oxygen atoms in total. The fourth-order valence-corrected chi connectivity index (χ4v) is 7.03. The maximum absolute atomic E-state index is 10.7. The Hall–Kier alpha value is -0.300. The molecular weight excluding hydrogens is 244 g/mol. The van der Waals surface area contributed by atoms with Gasteiger partial charge in [-0.15, -0.1) is 0 Å². The molecule has 4 aliphatic rings.